The predicted octanol–water partition coefficient (Wildman–Crippen LogP) is 4.41. The Labute approximate surface area is 134 Å². The Morgan fingerprint density at radius 2 is 2.10 bits per heavy atom. The summed E-state index contributed by atoms with van der Waals surface area (Å²) in [6.45, 7) is 5.23. The van der Waals surface area contributed by atoms with Crippen molar-refractivity contribution in [3.05, 3.63) is 63.6 Å². The van der Waals surface area contributed by atoms with E-state index in [0.717, 1.165) is 23.2 Å². The maximum Gasteiger partial charge on any atom is 0.123 e. The van der Waals surface area contributed by atoms with Gasteiger partial charge in [0.1, 0.15) is 11.9 Å². The van der Waals surface area contributed by atoms with E-state index in [0.29, 0.717) is 6.04 Å². The number of benzene rings is 2. The van der Waals surface area contributed by atoms with Crippen LogP contribution < -0.4 is 10.1 Å². The van der Waals surface area contributed by atoms with E-state index in [1.165, 1.54) is 16.7 Å². The molecule has 0 spiro atoms. The maximum atomic E-state index is 6.00. The highest BCUT2D eigenvalue weighted by Gasteiger charge is 2.23. The molecule has 3 rings (SSSR count). The van der Waals surface area contributed by atoms with Crippen molar-refractivity contribution in [1.29, 1.82) is 0 Å². The van der Waals surface area contributed by atoms with Gasteiger partial charge in [0.05, 0.1) is 0 Å². The molecule has 0 fully saturated rings. The second kappa shape index (κ2) is 6.20. The van der Waals surface area contributed by atoms with Crippen LogP contribution >= 0.6 is 15.9 Å². The average molecular weight is 346 g/mol. The molecule has 0 saturated heterocycles. The molecule has 1 aliphatic rings. The summed E-state index contributed by atoms with van der Waals surface area (Å²) in [5, 5.41) is 3.59. The maximum absolute atomic E-state index is 6.00. The third kappa shape index (κ3) is 3.30. The minimum Gasteiger partial charge on any atom is -0.488 e. The number of ether oxygens (including phenoxy) is 1. The Morgan fingerprint density at radius 3 is 2.90 bits per heavy atom. The molecule has 1 heterocycles. The van der Waals surface area contributed by atoms with Gasteiger partial charge in [-0.1, -0.05) is 40.2 Å². The second-order valence-electron chi connectivity index (χ2n) is 5.68. The van der Waals surface area contributed by atoms with Crippen LogP contribution in [0.3, 0.4) is 0 Å². The topological polar surface area (TPSA) is 21.3 Å². The molecule has 1 N–H and O–H groups in total. The summed E-state index contributed by atoms with van der Waals surface area (Å²) in [5.74, 6) is 1.02. The third-order valence-electron chi connectivity index (χ3n) is 4.07. The largest absolute Gasteiger partial charge is 0.488 e. The van der Waals surface area contributed by atoms with Gasteiger partial charge in [0, 0.05) is 23.5 Å². The first-order valence-corrected chi connectivity index (χ1v) is 8.17. The van der Waals surface area contributed by atoms with Gasteiger partial charge < -0.3 is 10.1 Å². The Kier molecular flexibility index (Phi) is 4.32. The number of hydrogen-bond donors (Lipinski definition) is 1. The van der Waals surface area contributed by atoms with E-state index in [2.05, 4.69) is 65.4 Å². The van der Waals surface area contributed by atoms with Gasteiger partial charge in [-0.25, -0.2) is 0 Å². The second-order valence-corrected chi connectivity index (χ2v) is 6.60. The van der Waals surface area contributed by atoms with Crippen molar-refractivity contribution in [3.63, 3.8) is 0 Å². The van der Waals surface area contributed by atoms with E-state index in [1.54, 1.807) is 0 Å². The Hall–Kier alpha value is -1.32. The molecule has 110 valence electrons. The highest BCUT2D eigenvalue weighted by atomic mass is 79.9. The number of aryl methyl sites for hydroxylation is 1. The summed E-state index contributed by atoms with van der Waals surface area (Å²) in [7, 11) is 0. The number of fused-ring (bicyclic) bond motifs is 1. The molecule has 1 unspecified atom stereocenters. The molecule has 2 atom stereocenters. The normalized spacial score (nSPS) is 18.1. The van der Waals surface area contributed by atoms with Crippen molar-refractivity contribution < 1.29 is 4.74 Å². The van der Waals surface area contributed by atoms with Crippen molar-refractivity contribution >= 4 is 15.9 Å². The van der Waals surface area contributed by atoms with Crippen molar-refractivity contribution in [2.75, 3.05) is 6.54 Å². The number of rotatable bonds is 4. The Morgan fingerprint density at radius 1 is 1.29 bits per heavy atom. The fourth-order valence-corrected chi connectivity index (χ4v) is 3.30. The molecule has 2 nitrogen and oxygen atoms in total. The molecule has 2 aromatic rings. The fourth-order valence-electron chi connectivity index (χ4n) is 2.89. The van der Waals surface area contributed by atoms with Crippen molar-refractivity contribution in [2.45, 2.75) is 32.4 Å². The van der Waals surface area contributed by atoms with Gasteiger partial charge in [-0.2, -0.15) is 0 Å². The van der Waals surface area contributed by atoms with Crippen LogP contribution in [-0.4, -0.2) is 12.6 Å². The minimum absolute atomic E-state index is 0.223. The lowest BCUT2D eigenvalue weighted by atomic mass is 10.0. The first kappa shape index (κ1) is 14.6. The highest BCUT2D eigenvalue weighted by Crippen LogP contribution is 2.31. The number of hydrogen-bond acceptors (Lipinski definition) is 2. The van der Waals surface area contributed by atoms with Crippen molar-refractivity contribution in [3.8, 4) is 5.75 Å². The van der Waals surface area contributed by atoms with E-state index >= 15 is 0 Å². The van der Waals surface area contributed by atoms with Gasteiger partial charge in [-0.05, 0) is 48.7 Å². The summed E-state index contributed by atoms with van der Waals surface area (Å²) in [6, 6.07) is 15.1. The molecule has 21 heavy (non-hydrogen) atoms. The lowest BCUT2D eigenvalue weighted by Crippen LogP contribution is -2.32. The van der Waals surface area contributed by atoms with Crippen LogP contribution in [0.2, 0.25) is 0 Å². The van der Waals surface area contributed by atoms with E-state index in [1.807, 2.05) is 12.1 Å². The summed E-state index contributed by atoms with van der Waals surface area (Å²) in [4.78, 5) is 0. The van der Waals surface area contributed by atoms with Crippen molar-refractivity contribution in [2.24, 2.45) is 0 Å². The highest BCUT2D eigenvalue weighted by molar-refractivity contribution is 9.10. The quantitative estimate of drug-likeness (QED) is 0.885. The first-order chi connectivity index (χ1) is 10.1. The molecule has 0 bridgehead atoms. The van der Waals surface area contributed by atoms with E-state index in [9.17, 15) is 0 Å². The molecular weight excluding hydrogens is 326 g/mol. The molecule has 1 aliphatic heterocycles. The fraction of sp³-hybridized carbons (Fsp3) is 0.333. The zero-order valence-corrected chi connectivity index (χ0v) is 14.0. The van der Waals surface area contributed by atoms with Crippen LogP contribution in [0.25, 0.3) is 0 Å². The summed E-state index contributed by atoms with van der Waals surface area (Å²) < 4.78 is 7.11. The van der Waals surface area contributed by atoms with E-state index in [4.69, 9.17) is 4.74 Å². The van der Waals surface area contributed by atoms with Gasteiger partial charge in [0.2, 0.25) is 0 Å². The lowest BCUT2D eigenvalue weighted by molar-refractivity contribution is 0.222. The zero-order valence-electron chi connectivity index (χ0n) is 12.4. The van der Waals surface area contributed by atoms with Crippen LogP contribution in [0.15, 0.2) is 46.9 Å². The first-order valence-electron chi connectivity index (χ1n) is 7.37. The standard InChI is InChI=1S/C18H20BrNO/c1-12-5-3-4-6-17(12)13(2)20-11-16-10-14-9-15(19)7-8-18(14)21-16/h3-9,13,16,20H,10-11H2,1-2H3/t13-,16?/m0/s1. The monoisotopic (exact) mass is 345 g/mol. The van der Waals surface area contributed by atoms with Gasteiger partial charge in [0.15, 0.2) is 0 Å². The zero-order chi connectivity index (χ0) is 14.8. The molecule has 0 aliphatic carbocycles. The van der Waals surface area contributed by atoms with Crippen LogP contribution in [0.1, 0.15) is 29.7 Å². The SMILES string of the molecule is Cc1ccccc1[C@H](C)NCC1Cc2cc(Br)ccc2O1. The minimum atomic E-state index is 0.223. The van der Waals surface area contributed by atoms with Gasteiger partial charge in [-0.3, -0.25) is 0 Å². The predicted molar refractivity (Wildman–Crippen MR) is 89.9 cm³/mol. The van der Waals surface area contributed by atoms with Crippen molar-refractivity contribution in [1.82, 2.24) is 5.32 Å². The van der Waals surface area contributed by atoms with Gasteiger partial charge in [-0.15, -0.1) is 0 Å². The Balaban J connectivity index is 1.59. The van der Waals surface area contributed by atoms with Crippen LogP contribution in [0.4, 0.5) is 0 Å². The lowest BCUT2D eigenvalue weighted by Gasteiger charge is -2.19. The number of halogens is 1. The van der Waals surface area contributed by atoms with Crippen LogP contribution in [-0.2, 0) is 6.42 Å². The Bertz CT molecular complexity index is 641. The summed E-state index contributed by atoms with van der Waals surface area (Å²) in [6.07, 6.45) is 1.20. The summed E-state index contributed by atoms with van der Waals surface area (Å²) in [5.41, 5.74) is 3.98. The van der Waals surface area contributed by atoms with E-state index in [-0.39, 0.29) is 6.10 Å². The number of nitrogens with one attached hydrogen (secondary N) is 1. The van der Waals surface area contributed by atoms with E-state index < -0.39 is 0 Å². The summed E-state index contributed by atoms with van der Waals surface area (Å²) >= 11 is 3.51. The van der Waals surface area contributed by atoms with Gasteiger partial charge >= 0.3 is 0 Å². The average Bonchev–Trinajstić information content (AvgIpc) is 2.87. The van der Waals surface area contributed by atoms with Crippen LogP contribution in [0, 0.1) is 6.92 Å². The molecule has 0 saturated carbocycles. The molecule has 2 aromatic carbocycles. The molecular formula is C18H20BrNO. The van der Waals surface area contributed by atoms with Gasteiger partial charge in [0.25, 0.3) is 0 Å². The molecule has 0 radical (unpaired) electrons. The molecule has 0 aromatic heterocycles. The smallest absolute Gasteiger partial charge is 0.123 e. The molecule has 3 heteroatoms. The molecule has 0 amide bonds. The van der Waals surface area contributed by atoms with Crippen LogP contribution in [0.5, 0.6) is 5.75 Å². The third-order valence-corrected chi connectivity index (χ3v) is 4.56.